The molecule has 2 aliphatic heterocycles. The predicted molar refractivity (Wildman–Crippen MR) is 92.6 cm³/mol. The van der Waals surface area contributed by atoms with Crippen molar-refractivity contribution in [3.63, 3.8) is 0 Å². The Balaban J connectivity index is 1.37. The first-order chi connectivity index (χ1) is 11.7. The number of aromatic amines is 1. The summed E-state index contributed by atoms with van der Waals surface area (Å²) in [5.41, 5.74) is 3.07. The van der Waals surface area contributed by atoms with Crippen molar-refractivity contribution in [3.8, 4) is 0 Å². The van der Waals surface area contributed by atoms with Crippen LogP contribution in [0.1, 0.15) is 28.5 Å². The molecule has 2 saturated heterocycles. The molecule has 5 nitrogen and oxygen atoms in total. The number of aromatic nitrogens is 2. The Kier molecular flexibility index (Phi) is 4.10. The molecule has 1 N–H and O–H groups in total. The maximum atomic E-state index is 12.7. The van der Waals surface area contributed by atoms with E-state index in [2.05, 4.69) is 45.4 Å². The van der Waals surface area contributed by atoms with Gasteiger partial charge in [-0.25, -0.2) is 0 Å². The number of carbonyl (C=O) groups excluding carboxylic acids is 1. The van der Waals surface area contributed by atoms with Crippen LogP contribution in [0.4, 0.5) is 0 Å². The number of hydrogen-bond acceptors (Lipinski definition) is 3. The second kappa shape index (κ2) is 6.40. The van der Waals surface area contributed by atoms with Gasteiger partial charge in [0.05, 0.1) is 11.8 Å². The fourth-order valence-corrected chi connectivity index (χ4v) is 4.16. The van der Waals surface area contributed by atoms with E-state index in [0.29, 0.717) is 11.8 Å². The van der Waals surface area contributed by atoms with Gasteiger partial charge < -0.3 is 4.90 Å². The molecule has 0 radical (unpaired) electrons. The minimum absolute atomic E-state index is 0.143. The van der Waals surface area contributed by atoms with Gasteiger partial charge in [0.25, 0.3) is 5.91 Å². The SMILES string of the molecule is CCc1[nH]ncc1C(=O)N1C[C@H]2CN(Cc3ccccc3)C[C@H]2C1. The number of fused-ring (bicyclic) bond motifs is 1. The summed E-state index contributed by atoms with van der Waals surface area (Å²) in [5.74, 6) is 1.36. The fraction of sp³-hybridized carbons (Fsp3) is 0.474. The summed E-state index contributed by atoms with van der Waals surface area (Å²) in [5, 5.41) is 6.97. The molecule has 2 aromatic rings. The van der Waals surface area contributed by atoms with E-state index in [1.807, 2.05) is 11.8 Å². The molecule has 1 aromatic carbocycles. The van der Waals surface area contributed by atoms with Crippen LogP contribution in [-0.4, -0.2) is 52.1 Å². The molecule has 1 aromatic heterocycles. The number of amides is 1. The van der Waals surface area contributed by atoms with Crippen molar-refractivity contribution >= 4 is 5.91 Å². The molecule has 24 heavy (non-hydrogen) atoms. The summed E-state index contributed by atoms with van der Waals surface area (Å²) < 4.78 is 0. The maximum Gasteiger partial charge on any atom is 0.257 e. The van der Waals surface area contributed by atoms with E-state index in [-0.39, 0.29) is 5.91 Å². The van der Waals surface area contributed by atoms with Crippen molar-refractivity contribution < 1.29 is 4.79 Å². The normalized spacial score (nSPS) is 23.6. The number of nitrogens with one attached hydrogen (secondary N) is 1. The summed E-state index contributed by atoms with van der Waals surface area (Å²) in [7, 11) is 0. The van der Waals surface area contributed by atoms with Gasteiger partial charge in [-0.05, 0) is 23.8 Å². The molecule has 0 bridgehead atoms. The van der Waals surface area contributed by atoms with Crippen LogP contribution in [0.2, 0.25) is 0 Å². The van der Waals surface area contributed by atoms with Crippen LogP contribution >= 0.6 is 0 Å². The van der Waals surface area contributed by atoms with Crippen LogP contribution in [0, 0.1) is 11.8 Å². The van der Waals surface area contributed by atoms with Crippen molar-refractivity contribution in [2.45, 2.75) is 19.9 Å². The Bertz CT molecular complexity index is 697. The monoisotopic (exact) mass is 324 g/mol. The zero-order chi connectivity index (χ0) is 16.5. The molecule has 126 valence electrons. The van der Waals surface area contributed by atoms with Crippen LogP contribution in [0.3, 0.4) is 0 Å². The predicted octanol–water partition coefficient (Wildman–Crippen LogP) is 2.18. The molecular formula is C19H24N4O. The highest BCUT2D eigenvalue weighted by molar-refractivity contribution is 5.95. The van der Waals surface area contributed by atoms with Gasteiger partial charge >= 0.3 is 0 Å². The first-order valence-corrected chi connectivity index (χ1v) is 8.82. The van der Waals surface area contributed by atoms with E-state index in [0.717, 1.165) is 50.4 Å². The second-order valence-electron chi connectivity index (χ2n) is 7.03. The Morgan fingerprint density at radius 1 is 1.17 bits per heavy atom. The highest BCUT2D eigenvalue weighted by Gasteiger charge is 2.41. The average Bonchev–Trinajstić information content (AvgIpc) is 3.29. The Hall–Kier alpha value is -2.14. The summed E-state index contributed by atoms with van der Waals surface area (Å²) >= 11 is 0. The van der Waals surface area contributed by atoms with Gasteiger partial charge in [-0.1, -0.05) is 37.3 Å². The van der Waals surface area contributed by atoms with Crippen molar-refractivity contribution in [2.75, 3.05) is 26.2 Å². The van der Waals surface area contributed by atoms with E-state index in [1.54, 1.807) is 6.20 Å². The minimum atomic E-state index is 0.143. The highest BCUT2D eigenvalue weighted by Crippen LogP contribution is 2.32. The lowest BCUT2D eigenvalue weighted by atomic mass is 10.0. The molecule has 0 aliphatic carbocycles. The minimum Gasteiger partial charge on any atom is -0.338 e. The zero-order valence-electron chi connectivity index (χ0n) is 14.1. The molecule has 0 saturated carbocycles. The number of H-pyrrole nitrogens is 1. The third-order valence-electron chi connectivity index (χ3n) is 5.40. The zero-order valence-corrected chi connectivity index (χ0v) is 14.1. The summed E-state index contributed by atoms with van der Waals surface area (Å²) in [6.45, 7) is 7.00. The van der Waals surface area contributed by atoms with Crippen LogP contribution < -0.4 is 0 Å². The van der Waals surface area contributed by atoms with Crippen molar-refractivity contribution in [2.24, 2.45) is 11.8 Å². The number of nitrogens with zero attached hydrogens (tertiary/aromatic N) is 3. The van der Waals surface area contributed by atoms with Crippen LogP contribution in [0.15, 0.2) is 36.5 Å². The van der Waals surface area contributed by atoms with Gasteiger partial charge in [-0.3, -0.25) is 14.8 Å². The second-order valence-corrected chi connectivity index (χ2v) is 7.03. The van der Waals surface area contributed by atoms with Gasteiger partial charge in [0.15, 0.2) is 0 Å². The molecule has 2 atom stereocenters. The molecular weight excluding hydrogens is 300 g/mol. The topological polar surface area (TPSA) is 52.2 Å². The lowest BCUT2D eigenvalue weighted by Crippen LogP contribution is -2.33. The molecule has 2 aliphatic rings. The molecule has 2 fully saturated rings. The van der Waals surface area contributed by atoms with E-state index < -0.39 is 0 Å². The lowest BCUT2D eigenvalue weighted by molar-refractivity contribution is 0.0772. The fourth-order valence-electron chi connectivity index (χ4n) is 4.16. The Morgan fingerprint density at radius 3 is 2.54 bits per heavy atom. The summed E-state index contributed by atoms with van der Waals surface area (Å²) in [6, 6.07) is 10.6. The first kappa shape index (κ1) is 15.4. The first-order valence-electron chi connectivity index (χ1n) is 8.82. The van der Waals surface area contributed by atoms with Gasteiger partial charge in [-0.2, -0.15) is 5.10 Å². The van der Waals surface area contributed by atoms with Gasteiger partial charge in [-0.15, -0.1) is 0 Å². The molecule has 5 heteroatoms. The number of carbonyl (C=O) groups is 1. The molecule has 3 heterocycles. The van der Waals surface area contributed by atoms with E-state index in [4.69, 9.17) is 0 Å². The van der Waals surface area contributed by atoms with Crippen molar-refractivity contribution in [1.29, 1.82) is 0 Å². The van der Waals surface area contributed by atoms with Crippen molar-refractivity contribution in [1.82, 2.24) is 20.0 Å². The summed E-state index contributed by atoms with van der Waals surface area (Å²) in [6.07, 6.45) is 2.49. The van der Waals surface area contributed by atoms with Gasteiger partial charge in [0, 0.05) is 38.4 Å². The van der Waals surface area contributed by atoms with Gasteiger partial charge in [0.1, 0.15) is 0 Å². The quantitative estimate of drug-likeness (QED) is 0.938. The largest absolute Gasteiger partial charge is 0.338 e. The molecule has 1 amide bonds. The molecule has 0 unspecified atom stereocenters. The number of rotatable bonds is 4. The highest BCUT2D eigenvalue weighted by atomic mass is 16.2. The van der Waals surface area contributed by atoms with Crippen molar-refractivity contribution in [3.05, 3.63) is 53.3 Å². The lowest BCUT2D eigenvalue weighted by Gasteiger charge is -2.21. The average molecular weight is 324 g/mol. The smallest absolute Gasteiger partial charge is 0.257 e. The summed E-state index contributed by atoms with van der Waals surface area (Å²) in [4.78, 5) is 17.3. The number of likely N-dealkylation sites (tertiary alicyclic amines) is 2. The van der Waals surface area contributed by atoms with E-state index in [9.17, 15) is 4.79 Å². The third kappa shape index (κ3) is 2.84. The van der Waals surface area contributed by atoms with Gasteiger partial charge in [0.2, 0.25) is 0 Å². The van der Waals surface area contributed by atoms with Crippen LogP contribution in [-0.2, 0) is 13.0 Å². The van der Waals surface area contributed by atoms with E-state index >= 15 is 0 Å². The number of benzene rings is 1. The molecule has 0 spiro atoms. The number of aryl methyl sites for hydroxylation is 1. The van der Waals surface area contributed by atoms with Crippen LogP contribution in [0.25, 0.3) is 0 Å². The third-order valence-corrected chi connectivity index (χ3v) is 5.40. The molecule has 4 rings (SSSR count). The van der Waals surface area contributed by atoms with E-state index in [1.165, 1.54) is 5.56 Å². The Morgan fingerprint density at radius 2 is 1.88 bits per heavy atom. The maximum absolute atomic E-state index is 12.7. The number of hydrogen-bond donors (Lipinski definition) is 1. The standard InChI is InChI=1S/C19H24N4O/c1-2-18-17(8-20-21-18)19(24)23-12-15-10-22(11-16(15)13-23)9-14-6-4-3-5-7-14/h3-8,15-16H,2,9-13H2,1H3,(H,20,21)/t15-,16+. The Labute approximate surface area is 142 Å². The van der Waals surface area contributed by atoms with Crippen LogP contribution in [0.5, 0.6) is 0 Å².